The van der Waals surface area contributed by atoms with Crippen molar-refractivity contribution in [2.45, 2.75) is 13.0 Å². The molecule has 136 valence electrons. The minimum atomic E-state index is -0.258. The Bertz CT molecular complexity index is 1050. The normalized spacial score (nSPS) is 10.9. The van der Waals surface area contributed by atoms with Gasteiger partial charge in [-0.25, -0.2) is 4.39 Å². The first-order valence-corrected chi connectivity index (χ1v) is 8.75. The van der Waals surface area contributed by atoms with E-state index in [4.69, 9.17) is 0 Å². The third kappa shape index (κ3) is 4.03. The number of para-hydroxylation sites is 1. The number of aromatic nitrogens is 4. The van der Waals surface area contributed by atoms with Crippen molar-refractivity contribution in [3.63, 3.8) is 0 Å². The highest BCUT2D eigenvalue weighted by molar-refractivity contribution is 5.83. The Kier molecular flexibility index (Phi) is 4.91. The maximum Gasteiger partial charge on any atom is 0.244 e. The van der Waals surface area contributed by atoms with Crippen molar-refractivity contribution in [2.75, 3.05) is 17.2 Å². The van der Waals surface area contributed by atoms with Gasteiger partial charge < -0.3 is 15.6 Å². The number of nitrogens with zero attached hydrogens (tertiary/aromatic N) is 3. The third-order valence-corrected chi connectivity index (χ3v) is 4.33. The topological polar surface area (TPSA) is 78.5 Å². The molecule has 0 aliphatic carbocycles. The standard InChI is InChI=1S/C20H19FN6/c21-17-7-3-1-5-15(17)12-24-20-26-19(13-25-27-20)22-10-9-14-11-23-18-8-4-2-6-16(14)18/h1-8,11,13,23H,9-10,12H2,(H2,22,24,26,27). The molecule has 0 saturated heterocycles. The van der Waals surface area contributed by atoms with Crippen LogP contribution in [0.5, 0.6) is 0 Å². The fourth-order valence-corrected chi connectivity index (χ4v) is 2.94. The van der Waals surface area contributed by atoms with E-state index in [1.807, 2.05) is 18.3 Å². The number of hydrogen-bond donors (Lipinski definition) is 3. The van der Waals surface area contributed by atoms with E-state index in [-0.39, 0.29) is 5.82 Å². The van der Waals surface area contributed by atoms with E-state index in [2.05, 4.69) is 42.9 Å². The molecule has 0 saturated carbocycles. The molecule has 7 heteroatoms. The van der Waals surface area contributed by atoms with Crippen molar-refractivity contribution in [1.29, 1.82) is 0 Å². The molecule has 0 fully saturated rings. The molecule has 4 aromatic rings. The molecule has 3 N–H and O–H groups in total. The summed E-state index contributed by atoms with van der Waals surface area (Å²) in [5, 5.41) is 15.4. The first kappa shape index (κ1) is 17.0. The Morgan fingerprint density at radius 1 is 0.963 bits per heavy atom. The van der Waals surface area contributed by atoms with Gasteiger partial charge in [0.2, 0.25) is 5.95 Å². The maximum absolute atomic E-state index is 13.7. The molecule has 27 heavy (non-hydrogen) atoms. The number of halogens is 1. The van der Waals surface area contributed by atoms with Gasteiger partial charge in [-0.15, -0.1) is 5.10 Å². The van der Waals surface area contributed by atoms with Crippen LogP contribution in [0, 0.1) is 5.82 Å². The van der Waals surface area contributed by atoms with Crippen molar-refractivity contribution in [2.24, 2.45) is 0 Å². The zero-order chi connectivity index (χ0) is 18.5. The van der Waals surface area contributed by atoms with Crippen LogP contribution in [0.4, 0.5) is 16.2 Å². The fourth-order valence-electron chi connectivity index (χ4n) is 2.94. The van der Waals surface area contributed by atoms with Gasteiger partial charge in [0, 0.05) is 35.8 Å². The minimum absolute atomic E-state index is 0.258. The number of rotatable bonds is 7. The molecule has 2 aromatic heterocycles. The lowest BCUT2D eigenvalue weighted by Crippen LogP contribution is -2.10. The summed E-state index contributed by atoms with van der Waals surface area (Å²) in [6.45, 7) is 1.01. The van der Waals surface area contributed by atoms with Crippen LogP contribution in [0.25, 0.3) is 10.9 Å². The van der Waals surface area contributed by atoms with Crippen LogP contribution < -0.4 is 10.6 Å². The van der Waals surface area contributed by atoms with Crippen LogP contribution >= 0.6 is 0 Å². The van der Waals surface area contributed by atoms with Crippen LogP contribution in [0.15, 0.2) is 60.9 Å². The van der Waals surface area contributed by atoms with Crippen molar-refractivity contribution in [3.05, 3.63) is 77.9 Å². The molecular formula is C20H19FN6. The molecule has 0 aliphatic heterocycles. The van der Waals surface area contributed by atoms with Crippen molar-refractivity contribution >= 4 is 22.7 Å². The number of fused-ring (bicyclic) bond motifs is 1. The summed E-state index contributed by atoms with van der Waals surface area (Å²) in [5.74, 6) is 0.724. The Morgan fingerprint density at radius 3 is 2.74 bits per heavy atom. The van der Waals surface area contributed by atoms with Crippen molar-refractivity contribution in [1.82, 2.24) is 20.2 Å². The predicted octanol–water partition coefficient (Wildman–Crippen LogP) is 3.76. The lowest BCUT2D eigenvalue weighted by atomic mass is 10.1. The number of H-pyrrole nitrogens is 1. The third-order valence-electron chi connectivity index (χ3n) is 4.33. The monoisotopic (exact) mass is 362 g/mol. The number of anilines is 2. The number of aromatic amines is 1. The number of hydrogen-bond acceptors (Lipinski definition) is 5. The van der Waals surface area contributed by atoms with Gasteiger partial charge in [0.25, 0.3) is 0 Å². The van der Waals surface area contributed by atoms with Crippen LogP contribution in [-0.4, -0.2) is 26.7 Å². The second kappa shape index (κ2) is 7.82. The largest absolute Gasteiger partial charge is 0.368 e. The molecule has 0 spiro atoms. The molecule has 0 amide bonds. The average molecular weight is 362 g/mol. The summed E-state index contributed by atoms with van der Waals surface area (Å²) >= 11 is 0. The highest BCUT2D eigenvalue weighted by Gasteiger charge is 2.05. The number of nitrogens with one attached hydrogen (secondary N) is 3. The van der Waals surface area contributed by atoms with Crippen LogP contribution in [0.1, 0.15) is 11.1 Å². The summed E-state index contributed by atoms with van der Waals surface area (Å²) in [6, 6.07) is 14.8. The van der Waals surface area contributed by atoms with Gasteiger partial charge in [-0.3, -0.25) is 0 Å². The van der Waals surface area contributed by atoms with Crippen molar-refractivity contribution < 1.29 is 4.39 Å². The zero-order valence-electron chi connectivity index (χ0n) is 14.6. The van der Waals surface area contributed by atoms with E-state index in [9.17, 15) is 4.39 Å². The summed E-state index contributed by atoms with van der Waals surface area (Å²) in [7, 11) is 0. The lowest BCUT2D eigenvalue weighted by Gasteiger charge is -2.08. The van der Waals surface area contributed by atoms with Crippen molar-refractivity contribution in [3.8, 4) is 0 Å². The van der Waals surface area contributed by atoms with Gasteiger partial charge in [-0.05, 0) is 24.1 Å². The van der Waals surface area contributed by atoms with E-state index >= 15 is 0 Å². The quantitative estimate of drug-likeness (QED) is 0.467. The highest BCUT2D eigenvalue weighted by atomic mass is 19.1. The first-order valence-electron chi connectivity index (χ1n) is 8.75. The Hall–Kier alpha value is -3.48. The van der Waals surface area contributed by atoms with Crippen LogP contribution in [0.2, 0.25) is 0 Å². The van der Waals surface area contributed by atoms with Crippen LogP contribution in [-0.2, 0) is 13.0 Å². The summed E-state index contributed by atoms with van der Waals surface area (Å²) in [5.41, 5.74) is 2.94. The van der Waals surface area contributed by atoms with Gasteiger partial charge in [0.1, 0.15) is 5.82 Å². The molecule has 6 nitrogen and oxygen atoms in total. The van der Waals surface area contributed by atoms with Gasteiger partial charge in [0.05, 0.1) is 6.20 Å². The molecule has 0 atom stereocenters. The van der Waals surface area contributed by atoms with Gasteiger partial charge in [-0.2, -0.15) is 10.1 Å². The maximum atomic E-state index is 13.7. The molecule has 4 rings (SSSR count). The number of benzene rings is 2. The van der Waals surface area contributed by atoms with E-state index in [0.29, 0.717) is 30.4 Å². The van der Waals surface area contributed by atoms with Gasteiger partial charge in [-0.1, -0.05) is 36.4 Å². The van der Waals surface area contributed by atoms with E-state index in [1.165, 1.54) is 17.0 Å². The molecule has 0 unspecified atom stereocenters. The van der Waals surface area contributed by atoms with E-state index in [1.54, 1.807) is 24.4 Å². The fraction of sp³-hybridized carbons (Fsp3) is 0.150. The summed E-state index contributed by atoms with van der Waals surface area (Å²) in [6.07, 6.45) is 4.46. The Morgan fingerprint density at radius 2 is 1.81 bits per heavy atom. The minimum Gasteiger partial charge on any atom is -0.368 e. The molecule has 0 radical (unpaired) electrons. The van der Waals surface area contributed by atoms with E-state index < -0.39 is 0 Å². The van der Waals surface area contributed by atoms with Crippen LogP contribution in [0.3, 0.4) is 0 Å². The predicted molar refractivity (Wildman–Crippen MR) is 104 cm³/mol. The smallest absolute Gasteiger partial charge is 0.244 e. The summed E-state index contributed by atoms with van der Waals surface area (Å²) in [4.78, 5) is 7.65. The molecular weight excluding hydrogens is 343 g/mol. The van der Waals surface area contributed by atoms with Gasteiger partial charge >= 0.3 is 0 Å². The Labute approximate surface area is 155 Å². The lowest BCUT2D eigenvalue weighted by molar-refractivity contribution is 0.612. The highest BCUT2D eigenvalue weighted by Crippen LogP contribution is 2.18. The molecule has 2 aromatic carbocycles. The van der Waals surface area contributed by atoms with E-state index in [0.717, 1.165) is 11.9 Å². The summed E-state index contributed by atoms with van der Waals surface area (Å²) < 4.78 is 13.7. The average Bonchev–Trinajstić information content (AvgIpc) is 3.11. The van der Waals surface area contributed by atoms with Gasteiger partial charge in [0.15, 0.2) is 5.82 Å². The molecule has 2 heterocycles. The SMILES string of the molecule is Fc1ccccc1CNc1nncc(NCCc2c[nH]c3ccccc23)n1. The molecule has 0 bridgehead atoms. The Balaban J connectivity index is 1.34. The molecule has 0 aliphatic rings. The second-order valence-corrected chi connectivity index (χ2v) is 6.15. The second-order valence-electron chi connectivity index (χ2n) is 6.15. The first-order chi connectivity index (χ1) is 13.3. The zero-order valence-corrected chi connectivity index (χ0v) is 14.6.